The monoisotopic (exact) mass is 1020 g/mol. The third-order valence-electron chi connectivity index (χ3n) is 17.2. The van der Waals surface area contributed by atoms with Gasteiger partial charge in [-0.15, -0.1) is 0 Å². The molecule has 0 aromatic heterocycles. The van der Waals surface area contributed by atoms with Gasteiger partial charge in [0.05, 0.1) is 64.9 Å². The number of Topliss-reactive ketones (excluding diaryl/α,β-unsaturated/α-hetero) is 1. The van der Waals surface area contributed by atoms with E-state index < -0.39 is 138 Å². The number of carbonyl (C=O) groups excluding carboxylic acids is 4. The van der Waals surface area contributed by atoms with Gasteiger partial charge in [0.1, 0.15) is 41.9 Å². The molecule has 402 valence electrons. The third-order valence-corrected chi connectivity index (χ3v) is 17.2. The Morgan fingerprint density at radius 1 is 0.726 bits per heavy atom. The molecular weight excluding hydrogens is 949 g/mol. The SMILES string of the molecule is CO[C@H]1C[C@H](O[C@H]2[C@@H](O)C[C@H](O[C@H]3CC[C@]4(C)C(C[C@@H](OC(=O)c5ccccc5)[C@@]5(C)C(=O)CC[C@@]5(O)[C@H](C)OC(=O)c5ccccc5)C(=O)C=C[C@]4(O)C3)O[C@@H]2C)O[C@H](C)[C@H]1O[C@H]1C[C@@H](OC)[C@@H](O)[C@H](C)O1. The quantitative estimate of drug-likeness (QED) is 0.163. The van der Waals surface area contributed by atoms with Gasteiger partial charge in [-0.05, 0) is 96.7 Å². The molecule has 3 saturated heterocycles. The van der Waals surface area contributed by atoms with Crippen molar-refractivity contribution in [2.75, 3.05) is 14.2 Å². The smallest absolute Gasteiger partial charge is 0.338 e. The summed E-state index contributed by atoms with van der Waals surface area (Å²) in [6.45, 7) is 10.2. The zero-order valence-electron chi connectivity index (χ0n) is 43.0. The summed E-state index contributed by atoms with van der Waals surface area (Å²) in [4.78, 5) is 55.8. The van der Waals surface area contributed by atoms with Crippen molar-refractivity contribution in [1.82, 2.24) is 0 Å². The van der Waals surface area contributed by atoms with Crippen LogP contribution < -0.4 is 0 Å². The Labute approximate surface area is 426 Å². The molecule has 20 atom stereocenters. The van der Waals surface area contributed by atoms with Crippen molar-refractivity contribution in [3.05, 3.63) is 83.9 Å². The summed E-state index contributed by atoms with van der Waals surface area (Å²) < 4.78 is 61.1. The van der Waals surface area contributed by atoms with E-state index in [2.05, 4.69) is 0 Å². The summed E-state index contributed by atoms with van der Waals surface area (Å²) >= 11 is 0. The molecule has 1 unspecified atom stereocenters. The number of hydrogen-bond acceptors (Lipinski definition) is 18. The van der Waals surface area contributed by atoms with Crippen LogP contribution in [0.1, 0.15) is 120 Å². The standard InChI is InChI=1S/C55H74O18/c1-30-47(59)40(64-7)27-45(66-30)73-49-32(3)68-46(28-41(49)65-8)72-48-31(2)67-44(26-39(48)57)70-36-19-22-52(5)37(38(56)20-23-54(52,62)29-36)25-43(71-51(61)35-17-13-10-14-18-35)53(6)42(58)21-24-55(53,63)33(4)69-50(60)34-15-11-9-12-16-34/h9-18,20,23,30-33,36-37,39-41,43-49,57,59,62-63H,19,21-22,24-29H2,1-8H3/t30-,31+,32+,33-,36-,37?,39-,40+,41-,43+,44-,45-,46-,47-,48+,49+,52+,53+,54-,55+/m0/s1. The van der Waals surface area contributed by atoms with E-state index in [9.17, 15) is 39.6 Å². The molecule has 73 heavy (non-hydrogen) atoms. The number of methoxy groups -OCH3 is 2. The van der Waals surface area contributed by atoms with Gasteiger partial charge in [0, 0.05) is 57.7 Å². The maximum atomic E-state index is 14.3. The molecule has 18 heteroatoms. The number of aliphatic hydroxyl groups is 4. The largest absolute Gasteiger partial charge is 0.458 e. The van der Waals surface area contributed by atoms with Crippen molar-refractivity contribution in [2.24, 2.45) is 16.7 Å². The van der Waals surface area contributed by atoms with E-state index in [-0.39, 0.29) is 61.9 Å². The van der Waals surface area contributed by atoms with Gasteiger partial charge >= 0.3 is 11.9 Å². The molecule has 0 spiro atoms. The van der Waals surface area contributed by atoms with Crippen molar-refractivity contribution >= 4 is 23.5 Å². The summed E-state index contributed by atoms with van der Waals surface area (Å²) in [6.07, 6.45) is -7.57. The predicted octanol–water partition coefficient (Wildman–Crippen LogP) is 4.94. The Kier molecular flexibility index (Phi) is 16.9. The minimum absolute atomic E-state index is 0.0437. The van der Waals surface area contributed by atoms with Crippen LogP contribution in [0.25, 0.3) is 0 Å². The number of carbonyl (C=O) groups is 4. The van der Waals surface area contributed by atoms with Crippen molar-refractivity contribution in [1.29, 1.82) is 0 Å². The van der Waals surface area contributed by atoms with Crippen LogP contribution in [-0.2, 0) is 57.0 Å². The summed E-state index contributed by atoms with van der Waals surface area (Å²) in [7, 11) is 3.11. The maximum absolute atomic E-state index is 14.3. The molecule has 2 aromatic carbocycles. The van der Waals surface area contributed by atoms with Crippen LogP contribution >= 0.6 is 0 Å². The third kappa shape index (κ3) is 10.9. The van der Waals surface area contributed by atoms with Crippen LogP contribution in [0.2, 0.25) is 0 Å². The molecule has 3 aliphatic heterocycles. The highest BCUT2D eigenvalue weighted by molar-refractivity contribution is 5.95. The molecule has 0 bridgehead atoms. The second-order valence-corrected chi connectivity index (χ2v) is 21.4. The lowest BCUT2D eigenvalue weighted by atomic mass is 9.52. The number of aliphatic hydroxyl groups excluding tert-OH is 2. The molecule has 18 nitrogen and oxygen atoms in total. The minimum Gasteiger partial charge on any atom is -0.458 e. The van der Waals surface area contributed by atoms with Gasteiger partial charge < -0.3 is 67.8 Å². The first-order valence-corrected chi connectivity index (χ1v) is 25.7. The lowest BCUT2D eigenvalue weighted by molar-refractivity contribution is -0.338. The number of allylic oxidation sites excluding steroid dienone is 1. The van der Waals surface area contributed by atoms with Crippen LogP contribution in [0.4, 0.5) is 0 Å². The first-order chi connectivity index (χ1) is 34.6. The molecule has 6 aliphatic rings. The van der Waals surface area contributed by atoms with Gasteiger partial charge in [-0.2, -0.15) is 0 Å². The normalized spacial score (nSPS) is 41.6. The van der Waals surface area contributed by atoms with E-state index in [1.165, 1.54) is 33.1 Å². The topological polar surface area (TPSA) is 241 Å². The summed E-state index contributed by atoms with van der Waals surface area (Å²) in [5.41, 5.74) is -6.27. The van der Waals surface area contributed by atoms with Crippen LogP contribution in [0.15, 0.2) is 72.8 Å². The fourth-order valence-electron chi connectivity index (χ4n) is 12.4. The highest BCUT2D eigenvalue weighted by atomic mass is 16.7. The van der Waals surface area contributed by atoms with Gasteiger partial charge in [-0.3, -0.25) is 9.59 Å². The van der Waals surface area contributed by atoms with Gasteiger partial charge in [0.2, 0.25) is 0 Å². The summed E-state index contributed by atoms with van der Waals surface area (Å²) in [5, 5.41) is 47.3. The van der Waals surface area contributed by atoms with E-state index in [1.54, 1.807) is 88.5 Å². The zero-order valence-corrected chi connectivity index (χ0v) is 43.0. The number of benzene rings is 2. The number of esters is 2. The number of rotatable bonds is 16. The Morgan fingerprint density at radius 3 is 1.88 bits per heavy atom. The Bertz CT molecular complexity index is 2270. The van der Waals surface area contributed by atoms with E-state index in [4.69, 9.17) is 47.4 Å². The zero-order chi connectivity index (χ0) is 52.6. The van der Waals surface area contributed by atoms with E-state index >= 15 is 0 Å². The summed E-state index contributed by atoms with van der Waals surface area (Å²) in [5.74, 6) is -3.28. The second kappa shape index (κ2) is 22.3. The maximum Gasteiger partial charge on any atom is 0.338 e. The molecule has 0 radical (unpaired) electrons. The highest BCUT2D eigenvalue weighted by Crippen LogP contribution is 2.58. The highest BCUT2D eigenvalue weighted by Gasteiger charge is 2.67. The number of ether oxygens (including phenoxy) is 10. The molecule has 3 aliphatic carbocycles. The Morgan fingerprint density at radius 2 is 1.27 bits per heavy atom. The van der Waals surface area contributed by atoms with Crippen molar-refractivity contribution < 1.29 is 87.0 Å². The number of fused-ring (bicyclic) bond motifs is 1. The average molecular weight is 1020 g/mol. The fraction of sp³-hybridized carbons (Fsp3) is 0.673. The fourth-order valence-corrected chi connectivity index (χ4v) is 12.4. The predicted molar refractivity (Wildman–Crippen MR) is 259 cm³/mol. The first-order valence-electron chi connectivity index (χ1n) is 25.7. The van der Waals surface area contributed by atoms with Gasteiger partial charge in [-0.25, -0.2) is 9.59 Å². The van der Waals surface area contributed by atoms with Gasteiger partial charge in [0.25, 0.3) is 0 Å². The molecule has 2 aromatic rings. The van der Waals surface area contributed by atoms with E-state index in [1.807, 2.05) is 6.92 Å². The molecule has 4 N–H and O–H groups in total. The van der Waals surface area contributed by atoms with Crippen LogP contribution in [0, 0.1) is 16.7 Å². The Balaban J connectivity index is 0.931. The summed E-state index contributed by atoms with van der Waals surface area (Å²) in [6, 6.07) is 16.4. The van der Waals surface area contributed by atoms with Crippen molar-refractivity contribution in [2.45, 2.75) is 203 Å². The average Bonchev–Trinajstić information content (AvgIpc) is 3.61. The van der Waals surface area contributed by atoms with Crippen molar-refractivity contribution in [3.8, 4) is 0 Å². The number of hydrogen-bond donors (Lipinski definition) is 4. The lowest BCUT2D eigenvalue weighted by Gasteiger charge is -2.56. The molecule has 2 saturated carbocycles. The van der Waals surface area contributed by atoms with E-state index in [0.717, 1.165) is 0 Å². The number of ketones is 2. The van der Waals surface area contributed by atoms with Crippen molar-refractivity contribution in [3.63, 3.8) is 0 Å². The molecule has 8 rings (SSSR count). The molecule has 0 amide bonds. The first kappa shape index (κ1) is 55.2. The van der Waals surface area contributed by atoms with Gasteiger partial charge in [0.15, 0.2) is 24.7 Å². The van der Waals surface area contributed by atoms with E-state index in [0.29, 0.717) is 12.8 Å². The molecular formula is C55H74O18. The van der Waals surface area contributed by atoms with Gasteiger partial charge in [-0.1, -0.05) is 43.3 Å². The second-order valence-electron chi connectivity index (χ2n) is 21.4. The Hall–Kier alpha value is -4.02. The lowest BCUT2D eigenvalue weighted by Crippen LogP contribution is -2.63. The minimum atomic E-state index is -2.03. The van der Waals surface area contributed by atoms with Crippen LogP contribution in [0.5, 0.6) is 0 Å². The molecule has 5 fully saturated rings. The van der Waals surface area contributed by atoms with Crippen LogP contribution in [-0.4, -0.2) is 161 Å². The molecule has 3 heterocycles. The van der Waals surface area contributed by atoms with Crippen LogP contribution in [0.3, 0.4) is 0 Å².